The third kappa shape index (κ3) is 2.56. The molecular weight excluding hydrogens is 160 g/mol. The Balaban J connectivity index is 2.42. The summed E-state index contributed by atoms with van der Waals surface area (Å²) in [5, 5.41) is 0.0445. The predicted molar refractivity (Wildman–Crippen MR) is 46.8 cm³/mol. The van der Waals surface area contributed by atoms with E-state index in [2.05, 4.69) is 13.8 Å². The molecule has 0 heterocycles. The van der Waals surface area contributed by atoms with Crippen molar-refractivity contribution >= 4 is 11.1 Å². The maximum absolute atomic E-state index is 10.7. The average Bonchev–Trinajstić information content (AvgIpc) is 1.86. The van der Waals surface area contributed by atoms with Gasteiger partial charge in [-0.25, -0.2) is 4.21 Å². The van der Waals surface area contributed by atoms with Crippen LogP contribution in [0.15, 0.2) is 0 Å². The fourth-order valence-electron chi connectivity index (χ4n) is 1.57. The van der Waals surface area contributed by atoms with Gasteiger partial charge in [-0.05, 0) is 31.1 Å². The van der Waals surface area contributed by atoms with Crippen molar-refractivity contribution < 1.29 is 8.76 Å². The van der Waals surface area contributed by atoms with Crippen molar-refractivity contribution in [3.63, 3.8) is 0 Å². The van der Waals surface area contributed by atoms with Gasteiger partial charge in [-0.2, -0.15) is 0 Å². The van der Waals surface area contributed by atoms with E-state index in [4.69, 9.17) is 4.55 Å². The zero-order chi connectivity index (χ0) is 8.48. The summed E-state index contributed by atoms with van der Waals surface area (Å²) < 4.78 is 19.5. The fourth-order valence-corrected chi connectivity index (χ4v) is 2.21. The molecule has 0 amide bonds. The Bertz CT molecular complexity index is 155. The summed E-state index contributed by atoms with van der Waals surface area (Å²) in [7, 11) is 0. The van der Waals surface area contributed by atoms with Gasteiger partial charge in [-0.15, -0.1) is 0 Å². The second-order valence-electron chi connectivity index (χ2n) is 4.14. The summed E-state index contributed by atoms with van der Waals surface area (Å²) >= 11 is -1.59. The molecule has 1 unspecified atom stereocenters. The first-order chi connectivity index (χ1) is 5.01. The second kappa shape index (κ2) is 3.23. The van der Waals surface area contributed by atoms with Crippen LogP contribution in [0, 0.1) is 5.41 Å². The standard InChI is InChI=1S/C8H16O2S/c1-8(2)5-3-7(4-6-8)11(9)10/h7H,3-6H2,1-2H3,(H,9,10). The lowest BCUT2D eigenvalue weighted by Gasteiger charge is -2.32. The van der Waals surface area contributed by atoms with Crippen LogP contribution in [0.3, 0.4) is 0 Å². The van der Waals surface area contributed by atoms with Crippen LogP contribution in [0.25, 0.3) is 0 Å². The van der Waals surface area contributed by atoms with E-state index >= 15 is 0 Å². The topological polar surface area (TPSA) is 37.3 Å². The van der Waals surface area contributed by atoms with Gasteiger partial charge in [0.2, 0.25) is 0 Å². The Labute approximate surface area is 70.7 Å². The van der Waals surface area contributed by atoms with Gasteiger partial charge in [-0.1, -0.05) is 13.8 Å². The molecule has 0 radical (unpaired) electrons. The minimum Gasteiger partial charge on any atom is -0.306 e. The quantitative estimate of drug-likeness (QED) is 0.622. The maximum Gasteiger partial charge on any atom is 0.155 e. The molecule has 1 fully saturated rings. The van der Waals surface area contributed by atoms with E-state index in [9.17, 15) is 4.21 Å². The number of rotatable bonds is 1. The van der Waals surface area contributed by atoms with Crippen LogP contribution in [-0.4, -0.2) is 14.0 Å². The summed E-state index contributed by atoms with van der Waals surface area (Å²) in [6.07, 6.45) is 4.00. The van der Waals surface area contributed by atoms with Crippen molar-refractivity contribution in [1.29, 1.82) is 0 Å². The van der Waals surface area contributed by atoms with Crippen LogP contribution in [-0.2, 0) is 11.1 Å². The number of hydrogen-bond acceptors (Lipinski definition) is 1. The molecule has 1 rings (SSSR count). The van der Waals surface area contributed by atoms with Gasteiger partial charge in [0, 0.05) is 0 Å². The minimum atomic E-state index is -1.59. The van der Waals surface area contributed by atoms with Crippen molar-refractivity contribution in [3.8, 4) is 0 Å². The molecule has 1 atom stereocenters. The first-order valence-corrected chi connectivity index (χ1v) is 5.28. The monoisotopic (exact) mass is 176 g/mol. The molecule has 0 aliphatic heterocycles. The van der Waals surface area contributed by atoms with Crippen LogP contribution in [0.2, 0.25) is 0 Å². The lowest BCUT2D eigenvalue weighted by Crippen LogP contribution is -2.27. The van der Waals surface area contributed by atoms with E-state index in [1.807, 2.05) is 0 Å². The summed E-state index contributed by atoms with van der Waals surface area (Å²) in [6, 6.07) is 0. The molecule has 1 N–H and O–H groups in total. The van der Waals surface area contributed by atoms with Crippen molar-refractivity contribution in [2.24, 2.45) is 5.41 Å². The maximum atomic E-state index is 10.7. The van der Waals surface area contributed by atoms with E-state index < -0.39 is 11.1 Å². The molecule has 3 heteroatoms. The molecule has 0 saturated heterocycles. The fraction of sp³-hybridized carbons (Fsp3) is 1.00. The van der Waals surface area contributed by atoms with E-state index in [0.717, 1.165) is 25.7 Å². The molecule has 1 saturated carbocycles. The van der Waals surface area contributed by atoms with E-state index in [0.29, 0.717) is 5.41 Å². The van der Waals surface area contributed by atoms with E-state index in [-0.39, 0.29) is 5.25 Å². The van der Waals surface area contributed by atoms with Gasteiger partial charge in [0.15, 0.2) is 11.1 Å². The van der Waals surface area contributed by atoms with Gasteiger partial charge in [0.05, 0.1) is 5.25 Å². The van der Waals surface area contributed by atoms with Crippen molar-refractivity contribution in [3.05, 3.63) is 0 Å². The van der Waals surface area contributed by atoms with Crippen LogP contribution >= 0.6 is 0 Å². The molecule has 0 bridgehead atoms. The molecule has 1 aliphatic carbocycles. The third-order valence-electron chi connectivity index (χ3n) is 2.57. The van der Waals surface area contributed by atoms with E-state index in [1.54, 1.807) is 0 Å². The van der Waals surface area contributed by atoms with E-state index in [1.165, 1.54) is 0 Å². The van der Waals surface area contributed by atoms with Crippen molar-refractivity contribution in [2.45, 2.75) is 44.8 Å². The first kappa shape index (κ1) is 9.20. The molecular formula is C8H16O2S. The van der Waals surface area contributed by atoms with Crippen LogP contribution in [0.1, 0.15) is 39.5 Å². The highest BCUT2D eigenvalue weighted by Crippen LogP contribution is 2.36. The molecule has 0 spiro atoms. The highest BCUT2D eigenvalue weighted by molar-refractivity contribution is 7.79. The molecule has 0 aromatic carbocycles. The first-order valence-electron chi connectivity index (χ1n) is 4.11. The number of hydrogen-bond donors (Lipinski definition) is 1. The molecule has 0 aromatic rings. The summed E-state index contributed by atoms with van der Waals surface area (Å²) in [5.41, 5.74) is 0.399. The zero-order valence-electron chi connectivity index (χ0n) is 7.17. The Morgan fingerprint density at radius 3 is 2.18 bits per heavy atom. The summed E-state index contributed by atoms with van der Waals surface area (Å²) in [5.74, 6) is 0. The lowest BCUT2D eigenvalue weighted by molar-refractivity contribution is 0.245. The van der Waals surface area contributed by atoms with Gasteiger partial charge >= 0.3 is 0 Å². The second-order valence-corrected chi connectivity index (χ2v) is 5.36. The van der Waals surface area contributed by atoms with Gasteiger partial charge in [0.25, 0.3) is 0 Å². The van der Waals surface area contributed by atoms with Crippen LogP contribution < -0.4 is 0 Å². The Kier molecular flexibility index (Phi) is 2.70. The minimum absolute atomic E-state index is 0.0445. The molecule has 66 valence electrons. The van der Waals surface area contributed by atoms with Gasteiger partial charge in [0.1, 0.15) is 0 Å². The Hall–Kier alpha value is 0.110. The van der Waals surface area contributed by atoms with Crippen molar-refractivity contribution in [2.75, 3.05) is 0 Å². The van der Waals surface area contributed by atoms with Crippen molar-refractivity contribution in [1.82, 2.24) is 0 Å². The molecule has 2 nitrogen and oxygen atoms in total. The highest BCUT2D eigenvalue weighted by Gasteiger charge is 2.29. The normalized spacial score (nSPS) is 28.3. The largest absolute Gasteiger partial charge is 0.306 e. The lowest BCUT2D eigenvalue weighted by atomic mass is 9.77. The van der Waals surface area contributed by atoms with Gasteiger partial charge in [-0.3, -0.25) is 0 Å². The third-order valence-corrected chi connectivity index (χ3v) is 3.61. The average molecular weight is 176 g/mol. The van der Waals surface area contributed by atoms with Crippen LogP contribution in [0.4, 0.5) is 0 Å². The predicted octanol–water partition coefficient (Wildman–Crippen LogP) is 2.18. The summed E-state index contributed by atoms with van der Waals surface area (Å²) in [4.78, 5) is 0. The Morgan fingerprint density at radius 1 is 1.36 bits per heavy atom. The summed E-state index contributed by atoms with van der Waals surface area (Å²) in [6.45, 7) is 4.45. The molecule has 1 aliphatic rings. The SMILES string of the molecule is CC1(C)CCC(S(=O)O)CC1. The zero-order valence-corrected chi connectivity index (χ0v) is 7.99. The molecule has 11 heavy (non-hydrogen) atoms. The Morgan fingerprint density at radius 2 is 1.82 bits per heavy atom. The molecule has 0 aromatic heterocycles. The van der Waals surface area contributed by atoms with Crippen LogP contribution in [0.5, 0.6) is 0 Å². The smallest absolute Gasteiger partial charge is 0.155 e. The highest BCUT2D eigenvalue weighted by atomic mass is 32.2. The van der Waals surface area contributed by atoms with Gasteiger partial charge < -0.3 is 4.55 Å².